The van der Waals surface area contributed by atoms with Crippen molar-refractivity contribution < 1.29 is 19.1 Å². The molecule has 8 heteroatoms. The van der Waals surface area contributed by atoms with E-state index in [9.17, 15) is 14.4 Å². The van der Waals surface area contributed by atoms with E-state index in [0.717, 1.165) is 16.2 Å². The number of thiazole rings is 1. The minimum absolute atomic E-state index is 0.0907. The number of rotatable bonds is 7. The number of hydrogen-bond acceptors (Lipinski definition) is 6. The molecule has 33 heavy (non-hydrogen) atoms. The van der Waals surface area contributed by atoms with Gasteiger partial charge in [0.25, 0.3) is 11.8 Å². The molecule has 1 aromatic heterocycles. The Kier molecular flexibility index (Phi) is 6.29. The molecule has 1 aliphatic heterocycles. The fourth-order valence-electron chi connectivity index (χ4n) is 3.80. The lowest BCUT2D eigenvalue weighted by Gasteiger charge is -2.27. The second-order valence-electron chi connectivity index (χ2n) is 8.43. The van der Waals surface area contributed by atoms with Crippen molar-refractivity contribution in [2.24, 2.45) is 5.92 Å². The molecule has 0 aliphatic carbocycles. The number of imide groups is 1. The van der Waals surface area contributed by atoms with Crippen LogP contribution in [0.5, 0.6) is 5.75 Å². The lowest BCUT2D eigenvalue weighted by Crippen LogP contribution is -2.50. The van der Waals surface area contributed by atoms with Gasteiger partial charge in [0, 0.05) is 10.9 Å². The van der Waals surface area contributed by atoms with Crippen molar-refractivity contribution in [2.75, 3.05) is 5.32 Å². The molecule has 2 aromatic carbocycles. The van der Waals surface area contributed by atoms with E-state index in [1.54, 1.807) is 24.3 Å². The van der Waals surface area contributed by atoms with Crippen LogP contribution in [-0.2, 0) is 4.79 Å². The Morgan fingerprint density at radius 3 is 2.12 bits per heavy atom. The van der Waals surface area contributed by atoms with Crippen LogP contribution in [0.3, 0.4) is 0 Å². The van der Waals surface area contributed by atoms with Crippen LogP contribution in [0.4, 0.5) is 5.13 Å². The van der Waals surface area contributed by atoms with Crippen LogP contribution < -0.4 is 10.1 Å². The van der Waals surface area contributed by atoms with Crippen molar-refractivity contribution in [3.8, 4) is 17.0 Å². The number of hydrogen-bond donors (Lipinski definition) is 1. The molecule has 3 aromatic rings. The summed E-state index contributed by atoms with van der Waals surface area (Å²) in [6.07, 6.45) is 0.0907. The molecule has 0 saturated carbocycles. The predicted octanol–water partition coefficient (Wildman–Crippen LogP) is 4.86. The highest BCUT2D eigenvalue weighted by Crippen LogP contribution is 2.30. The second-order valence-corrected chi connectivity index (χ2v) is 9.29. The van der Waals surface area contributed by atoms with Gasteiger partial charge in [-0.2, -0.15) is 0 Å². The fourth-order valence-corrected chi connectivity index (χ4v) is 4.52. The topological polar surface area (TPSA) is 88.6 Å². The number of nitrogens with one attached hydrogen (secondary N) is 1. The van der Waals surface area contributed by atoms with Gasteiger partial charge in [-0.3, -0.25) is 19.3 Å². The zero-order valence-corrected chi connectivity index (χ0v) is 19.7. The first-order chi connectivity index (χ1) is 15.8. The summed E-state index contributed by atoms with van der Waals surface area (Å²) in [5.41, 5.74) is 2.25. The van der Waals surface area contributed by atoms with Crippen molar-refractivity contribution in [3.05, 3.63) is 65.0 Å². The van der Waals surface area contributed by atoms with Crippen LogP contribution in [0.1, 0.15) is 48.4 Å². The number of carbonyl (C=O) groups is 3. The molecule has 0 spiro atoms. The van der Waals surface area contributed by atoms with Gasteiger partial charge in [-0.05, 0) is 56.2 Å². The molecule has 0 saturated heterocycles. The highest BCUT2D eigenvalue weighted by atomic mass is 32.1. The largest absolute Gasteiger partial charge is 0.491 e. The van der Waals surface area contributed by atoms with Crippen LogP contribution in [-0.4, -0.2) is 39.8 Å². The number of aromatic nitrogens is 1. The van der Waals surface area contributed by atoms with Gasteiger partial charge in [-0.1, -0.05) is 26.0 Å². The highest BCUT2D eigenvalue weighted by molar-refractivity contribution is 7.14. The first-order valence-corrected chi connectivity index (χ1v) is 11.6. The Balaban J connectivity index is 1.51. The normalized spacial score (nSPS) is 14.1. The molecule has 0 bridgehead atoms. The Morgan fingerprint density at radius 2 is 1.58 bits per heavy atom. The van der Waals surface area contributed by atoms with E-state index in [1.165, 1.54) is 11.3 Å². The SMILES string of the molecule is CC(C)Oc1ccc(-c2csc(NC(=O)C(C(C)C)N3C(=O)c4ccccc4C3=O)n2)cc1. The maximum absolute atomic E-state index is 13.2. The lowest BCUT2D eigenvalue weighted by molar-refractivity contribution is -0.121. The minimum Gasteiger partial charge on any atom is -0.491 e. The molecule has 7 nitrogen and oxygen atoms in total. The number of fused-ring (bicyclic) bond motifs is 1. The highest BCUT2D eigenvalue weighted by Gasteiger charge is 2.44. The van der Waals surface area contributed by atoms with Gasteiger partial charge >= 0.3 is 0 Å². The molecule has 170 valence electrons. The van der Waals surface area contributed by atoms with Gasteiger partial charge in [-0.25, -0.2) is 4.98 Å². The summed E-state index contributed by atoms with van der Waals surface area (Å²) in [7, 11) is 0. The summed E-state index contributed by atoms with van der Waals surface area (Å²) in [4.78, 5) is 44.5. The molecule has 1 N–H and O–H groups in total. The van der Waals surface area contributed by atoms with E-state index in [-0.39, 0.29) is 12.0 Å². The van der Waals surface area contributed by atoms with Gasteiger partial charge < -0.3 is 10.1 Å². The van der Waals surface area contributed by atoms with E-state index < -0.39 is 23.8 Å². The third kappa shape index (κ3) is 4.52. The van der Waals surface area contributed by atoms with E-state index in [2.05, 4.69) is 10.3 Å². The molecule has 1 atom stereocenters. The van der Waals surface area contributed by atoms with Gasteiger partial charge in [0.2, 0.25) is 5.91 Å². The first-order valence-electron chi connectivity index (χ1n) is 10.8. The molecular weight excluding hydrogens is 438 g/mol. The standard InChI is InChI=1S/C25H25N3O4S/c1-14(2)21(28-23(30)18-7-5-6-8-19(18)24(28)31)22(29)27-25-26-20(13-33-25)16-9-11-17(12-10-16)32-15(3)4/h5-15,21H,1-4H3,(H,26,27,29). The Bertz CT molecular complexity index is 1170. The van der Waals surface area contributed by atoms with E-state index in [4.69, 9.17) is 4.74 Å². The molecular formula is C25H25N3O4S. The number of anilines is 1. The van der Waals surface area contributed by atoms with Crippen LogP contribution in [0.2, 0.25) is 0 Å². The number of nitrogens with zero attached hydrogens (tertiary/aromatic N) is 2. The van der Waals surface area contributed by atoms with E-state index in [1.807, 2.05) is 57.3 Å². The maximum Gasteiger partial charge on any atom is 0.262 e. The third-order valence-electron chi connectivity index (χ3n) is 5.26. The molecule has 1 aliphatic rings. The quantitative estimate of drug-likeness (QED) is 0.506. The summed E-state index contributed by atoms with van der Waals surface area (Å²) in [5, 5.41) is 5.04. The summed E-state index contributed by atoms with van der Waals surface area (Å²) in [5.74, 6) is -0.847. The van der Waals surface area contributed by atoms with Gasteiger partial charge in [0.05, 0.1) is 22.9 Å². The molecule has 0 radical (unpaired) electrons. The third-order valence-corrected chi connectivity index (χ3v) is 6.02. The molecule has 0 fully saturated rings. The van der Waals surface area contributed by atoms with Gasteiger partial charge in [0.15, 0.2) is 5.13 Å². The predicted molar refractivity (Wildman–Crippen MR) is 128 cm³/mol. The van der Waals surface area contributed by atoms with Crippen LogP contribution in [0.25, 0.3) is 11.3 Å². The number of amides is 3. The summed E-state index contributed by atoms with van der Waals surface area (Å²) < 4.78 is 5.67. The molecule has 4 rings (SSSR count). The van der Waals surface area contributed by atoms with Crippen molar-refractivity contribution in [3.63, 3.8) is 0 Å². The Hall–Kier alpha value is -3.52. The van der Waals surface area contributed by atoms with Crippen molar-refractivity contribution in [2.45, 2.75) is 39.8 Å². The zero-order valence-electron chi connectivity index (χ0n) is 18.9. The fraction of sp³-hybridized carbons (Fsp3) is 0.280. The molecule has 2 heterocycles. The summed E-state index contributed by atoms with van der Waals surface area (Å²) in [6, 6.07) is 13.3. The summed E-state index contributed by atoms with van der Waals surface area (Å²) >= 11 is 1.29. The minimum atomic E-state index is -0.947. The number of benzene rings is 2. The van der Waals surface area contributed by atoms with Crippen molar-refractivity contribution in [1.29, 1.82) is 0 Å². The van der Waals surface area contributed by atoms with E-state index in [0.29, 0.717) is 22.0 Å². The smallest absolute Gasteiger partial charge is 0.262 e. The van der Waals surface area contributed by atoms with Gasteiger partial charge in [0.1, 0.15) is 11.8 Å². The Labute approximate surface area is 196 Å². The first kappa shape index (κ1) is 22.7. The molecule has 1 unspecified atom stereocenters. The number of ether oxygens (including phenoxy) is 1. The van der Waals surface area contributed by atoms with Crippen LogP contribution >= 0.6 is 11.3 Å². The molecule has 3 amide bonds. The average molecular weight is 464 g/mol. The summed E-state index contributed by atoms with van der Waals surface area (Å²) in [6.45, 7) is 7.55. The average Bonchev–Trinajstić information content (AvgIpc) is 3.33. The number of carbonyl (C=O) groups excluding carboxylic acids is 3. The maximum atomic E-state index is 13.2. The lowest BCUT2D eigenvalue weighted by atomic mass is 10.0. The second kappa shape index (κ2) is 9.15. The van der Waals surface area contributed by atoms with Crippen LogP contribution in [0.15, 0.2) is 53.9 Å². The van der Waals surface area contributed by atoms with Crippen molar-refractivity contribution in [1.82, 2.24) is 9.88 Å². The van der Waals surface area contributed by atoms with Crippen molar-refractivity contribution >= 4 is 34.2 Å². The van der Waals surface area contributed by atoms with Gasteiger partial charge in [-0.15, -0.1) is 11.3 Å². The monoisotopic (exact) mass is 463 g/mol. The zero-order chi connectivity index (χ0) is 23.7. The van der Waals surface area contributed by atoms with E-state index >= 15 is 0 Å². The van der Waals surface area contributed by atoms with Crippen LogP contribution in [0, 0.1) is 5.92 Å². The Morgan fingerprint density at radius 1 is 0.970 bits per heavy atom.